The van der Waals surface area contributed by atoms with Crippen molar-refractivity contribution in [1.82, 2.24) is 0 Å². The topological polar surface area (TPSA) is 49.3 Å². The third kappa shape index (κ3) is 4.03. The number of aromatic hydroxyl groups is 1. The Bertz CT molecular complexity index is 525. The SMILES string of the molecule is O=C(Nc1ccc(Cl)c(O)c1)C1CCC(C(F)(F)F)CC1. The van der Waals surface area contributed by atoms with Crippen LogP contribution >= 0.6 is 11.6 Å². The summed E-state index contributed by atoms with van der Waals surface area (Å²) in [6.07, 6.45) is -3.78. The van der Waals surface area contributed by atoms with Crippen molar-refractivity contribution in [3.8, 4) is 5.75 Å². The molecule has 3 nitrogen and oxygen atoms in total. The summed E-state index contributed by atoms with van der Waals surface area (Å²) < 4.78 is 37.7. The molecule has 2 N–H and O–H groups in total. The molecule has 0 aliphatic heterocycles. The van der Waals surface area contributed by atoms with Gasteiger partial charge in [0.15, 0.2) is 0 Å². The van der Waals surface area contributed by atoms with Gasteiger partial charge in [0.1, 0.15) is 5.75 Å². The lowest BCUT2D eigenvalue weighted by atomic mass is 9.81. The number of hydrogen-bond donors (Lipinski definition) is 2. The average Bonchev–Trinajstić information content (AvgIpc) is 2.42. The third-order valence-corrected chi connectivity index (χ3v) is 4.09. The van der Waals surface area contributed by atoms with Crippen LogP contribution in [0.2, 0.25) is 5.02 Å². The molecule has 0 radical (unpaired) electrons. The lowest BCUT2D eigenvalue weighted by molar-refractivity contribution is -0.184. The molecule has 0 unspecified atom stereocenters. The molecule has 0 atom stereocenters. The first-order chi connectivity index (χ1) is 9.77. The molecule has 0 heterocycles. The maximum Gasteiger partial charge on any atom is 0.391 e. The molecule has 2 rings (SSSR count). The van der Waals surface area contributed by atoms with E-state index in [2.05, 4.69) is 5.32 Å². The van der Waals surface area contributed by atoms with Gasteiger partial charge in [0.05, 0.1) is 10.9 Å². The van der Waals surface area contributed by atoms with Gasteiger partial charge in [-0.3, -0.25) is 4.79 Å². The second-order valence-corrected chi connectivity index (χ2v) is 5.65. The van der Waals surface area contributed by atoms with Crippen LogP contribution in [-0.4, -0.2) is 17.2 Å². The zero-order chi connectivity index (χ0) is 15.6. The van der Waals surface area contributed by atoms with Crippen molar-refractivity contribution < 1.29 is 23.1 Å². The summed E-state index contributed by atoms with van der Waals surface area (Å²) in [5.41, 5.74) is 0.375. The molecule has 0 aromatic heterocycles. The summed E-state index contributed by atoms with van der Waals surface area (Å²) in [6, 6.07) is 4.27. The molecule has 1 aliphatic carbocycles. The molecule has 1 aliphatic rings. The Labute approximate surface area is 125 Å². The van der Waals surface area contributed by atoms with Gasteiger partial charge in [-0.05, 0) is 37.8 Å². The Morgan fingerprint density at radius 1 is 1.24 bits per heavy atom. The van der Waals surface area contributed by atoms with Crippen molar-refractivity contribution in [3.05, 3.63) is 23.2 Å². The van der Waals surface area contributed by atoms with Crippen LogP contribution in [0.5, 0.6) is 5.75 Å². The number of nitrogens with one attached hydrogen (secondary N) is 1. The fraction of sp³-hybridized carbons (Fsp3) is 0.500. The highest BCUT2D eigenvalue weighted by atomic mass is 35.5. The number of halogens is 4. The molecule has 1 saturated carbocycles. The Hall–Kier alpha value is -1.43. The van der Waals surface area contributed by atoms with E-state index in [1.54, 1.807) is 0 Å². The van der Waals surface area contributed by atoms with E-state index in [4.69, 9.17) is 11.6 Å². The van der Waals surface area contributed by atoms with Gasteiger partial charge >= 0.3 is 6.18 Å². The maximum atomic E-state index is 12.6. The van der Waals surface area contributed by atoms with E-state index in [1.807, 2.05) is 0 Å². The van der Waals surface area contributed by atoms with E-state index in [-0.39, 0.29) is 42.4 Å². The minimum absolute atomic E-state index is 0.0204. The fourth-order valence-electron chi connectivity index (χ4n) is 2.52. The molecule has 116 valence electrons. The molecule has 7 heteroatoms. The van der Waals surface area contributed by atoms with Crippen LogP contribution < -0.4 is 5.32 Å². The standard InChI is InChI=1S/C14H15ClF3NO2/c15-11-6-5-10(7-12(11)20)19-13(21)8-1-3-9(4-2-8)14(16,17)18/h5-9,20H,1-4H2,(H,19,21). The second kappa shape index (κ2) is 6.13. The molecule has 1 amide bonds. The van der Waals surface area contributed by atoms with Crippen molar-refractivity contribution in [1.29, 1.82) is 0 Å². The quantitative estimate of drug-likeness (QED) is 0.850. The summed E-state index contributed by atoms with van der Waals surface area (Å²) in [4.78, 5) is 12.0. The number of anilines is 1. The normalized spacial score (nSPS) is 22.9. The average molecular weight is 322 g/mol. The molecule has 1 fully saturated rings. The van der Waals surface area contributed by atoms with Gasteiger partial charge in [0, 0.05) is 17.7 Å². The number of alkyl halides is 3. The van der Waals surface area contributed by atoms with Crippen LogP contribution in [0.4, 0.5) is 18.9 Å². The van der Waals surface area contributed by atoms with Crippen molar-refractivity contribution in [3.63, 3.8) is 0 Å². The Morgan fingerprint density at radius 2 is 1.86 bits per heavy atom. The van der Waals surface area contributed by atoms with E-state index in [9.17, 15) is 23.1 Å². The van der Waals surface area contributed by atoms with Gasteiger partial charge in [-0.25, -0.2) is 0 Å². The van der Waals surface area contributed by atoms with Crippen LogP contribution in [0.25, 0.3) is 0 Å². The zero-order valence-electron chi connectivity index (χ0n) is 11.1. The summed E-state index contributed by atoms with van der Waals surface area (Å²) in [6.45, 7) is 0. The second-order valence-electron chi connectivity index (χ2n) is 5.25. The van der Waals surface area contributed by atoms with Gasteiger partial charge < -0.3 is 10.4 Å². The number of carbonyl (C=O) groups is 1. The predicted octanol–water partition coefficient (Wildman–Crippen LogP) is 4.35. The lowest BCUT2D eigenvalue weighted by Gasteiger charge is -2.29. The van der Waals surface area contributed by atoms with Crippen LogP contribution in [0.3, 0.4) is 0 Å². The highest BCUT2D eigenvalue weighted by Crippen LogP contribution is 2.39. The highest BCUT2D eigenvalue weighted by Gasteiger charge is 2.42. The zero-order valence-corrected chi connectivity index (χ0v) is 11.8. The van der Waals surface area contributed by atoms with Crippen LogP contribution in [0.1, 0.15) is 25.7 Å². The first-order valence-corrected chi connectivity index (χ1v) is 7.01. The van der Waals surface area contributed by atoms with Crippen LogP contribution in [-0.2, 0) is 4.79 Å². The summed E-state index contributed by atoms with van der Waals surface area (Å²) in [7, 11) is 0. The van der Waals surface area contributed by atoms with Crippen molar-refractivity contribution in [2.45, 2.75) is 31.9 Å². The Kier molecular flexibility index (Phi) is 4.66. The monoisotopic (exact) mass is 321 g/mol. The summed E-state index contributed by atoms with van der Waals surface area (Å²) in [5, 5.41) is 12.2. The van der Waals surface area contributed by atoms with Gasteiger partial charge in [-0.2, -0.15) is 13.2 Å². The maximum absolute atomic E-state index is 12.6. The lowest BCUT2D eigenvalue weighted by Crippen LogP contribution is -2.32. The summed E-state index contributed by atoms with van der Waals surface area (Å²) in [5.74, 6) is -2.21. The number of rotatable bonds is 2. The number of benzene rings is 1. The smallest absolute Gasteiger partial charge is 0.391 e. The number of amides is 1. The Morgan fingerprint density at radius 3 is 2.38 bits per heavy atom. The number of hydrogen-bond acceptors (Lipinski definition) is 2. The largest absolute Gasteiger partial charge is 0.506 e. The van der Waals surface area contributed by atoms with E-state index in [1.165, 1.54) is 18.2 Å². The third-order valence-electron chi connectivity index (χ3n) is 3.77. The minimum atomic E-state index is -4.18. The summed E-state index contributed by atoms with van der Waals surface area (Å²) >= 11 is 5.66. The number of carbonyl (C=O) groups excluding carboxylic acids is 1. The molecule has 0 saturated heterocycles. The van der Waals surface area contributed by atoms with E-state index < -0.39 is 18.0 Å². The van der Waals surface area contributed by atoms with Crippen LogP contribution in [0.15, 0.2) is 18.2 Å². The van der Waals surface area contributed by atoms with Gasteiger partial charge in [0.25, 0.3) is 0 Å². The van der Waals surface area contributed by atoms with Crippen molar-refractivity contribution >= 4 is 23.2 Å². The molecule has 0 spiro atoms. The number of phenols is 1. The van der Waals surface area contributed by atoms with E-state index >= 15 is 0 Å². The highest BCUT2D eigenvalue weighted by molar-refractivity contribution is 6.32. The molecule has 21 heavy (non-hydrogen) atoms. The minimum Gasteiger partial charge on any atom is -0.506 e. The first kappa shape index (κ1) is 15.9. The number of phenolic OH excluding ortho intramolecular Hbond substituents is 1. The molecule has 1 aromatic rings. The first-order valence-electron chi connectivity index (χ1n) is 6.63. The van der Waals surface area contributed by atoms with Gasteiger partial charge in [-0.1, -0.05) is 11.6 Å². The molecular weight excluding hydrogens is 307 g/mol. The predicted molar refractivity (Wildman–Crippen MR) is 73.2 cm³/mol. The fourth-order valence-corrected chi connectivity index (χ4v) is 2.64. The van der Waals surface area contributed by atoms with E-state index in [0.717, 1.165) is 0 Å². The molecule has 1 aromatic carbocycles. The molecular formula is C14H15ClF3NO2. The van der Waals surface area contributed by atoms with Gasteiger partial charge in [-0.15, -0.1) is 0 Å². The van der Waals surface area contributed by atoms with Crippen LogP contribution in [0, 0.1) is 11.8 Å². The van der Waals surface area contributed by atoms with E-state index in [0.29, 0.717) is 5.69 Å². The van der Waals surface area contributed by atoms with Crippen molar-refractivity contribution in [2.24, 2.45) is 11.8 Å². The molecule has 0 bridgehead atoms. The Balaban J connectivity index is 1.92. The van der Waals surface area contributed by atoms with Gasteiger partial charge in [0.2, 0.25) is 5.91 Å². The van der Waals surface area contributed by atoms with Crippen molar-refractivity contribution in [2.75, 3.05) is 5.32 Å².